The van der Waals surface area contributed by atoms with Crippen LogP contribution in [0.5, 0.6) is 0 Å². The van der Waals surface area contributed by atoms with Crippen LogP contribution in [0.25, 0.3) is 0 Å². The number of nitrogens with two attached hydrogens (primary N) is 1. The van der Waals surface area contributed by atoms with Crippen molar-refractivity contribution < 1.29 is 0 Å². The van der Waals surface area contributed by atoms with Gasteiger partial charge in [0.15, 0.2) is 5.82 Å². The molecule has 2 rings (SSSR count). The molecule has 0 saturated heterocycles. The first-order valence-corrected chi connectivity index (χ1v) is 6.01. The number of aryl methyl sites for hydroxylation is 4. The smallest absolute Gasteiger partial charge is 0.154 e. The summed E-state index contributed by atoms with van der Waals surface area (Å²) < 4.78 is 1.82. The molecule has 96 valence electrons. The zero-order valence-electron chi connectivity index (χ0n) is 11.7. The first kappa shape index (κ1) is 12.5. The minimum atomic E-state index is 0.735. The number of hydrogen-bond acceptors (Lipinski definition) is 3. The molecule has 0 bridgehead atoms. The van der Waals surface area contributed by atoms with Gasteiger partial charge in [0.1, 0.15) is 0 Å². The molecule has 18 heavy (non-hydrogen) atoms. The highest BCUT2D eigenvalue weighted by atomic mass is 15.4. The zero-order chi connectivity index (χ0) is 13.4. The van der Waals surface area contributed by atoms with Gasteiger partial charge in [-0.15, -0.1) is 0 Å². The molecule has 1 aromatic carbocycles. The van der Waals surface area contributed by atoms with Gasteiger partial charge in [0.25, 0.3) is 0 Å². The third-order valence-corrected chi connectivity index (χ3v) is 3.15. The van der Waals surface area contributed by atoms with Gasteiger partial charge >= 0.3 is 0 Å². The summed E-state index contributed by atoms with van der Waals surface area (Å²) >= 11 is 0. The number of hydrogen-bond donors (Lipinski definition) is 1. The first-order valence-electron chi connectivity index (χ1n) is 6.01. The van der Waals surface area contributed by atoms with Crippen LogP contribution in [0, 0.1) is 20.8 Å². The summed E-state index contributed by atoms with van der Waals surface area (Å²) in [6.07, 6.45) is 0. The molecule has 0 atom stereocenters. The van der Waals surface area contributed by atoms with Crippen molar-refractivity contribution in [3.63, 3.8) is 0 Å². The molecule has 1 aromatic heterocycles. The molecule has 4 nitrogen and oxygen atoms in total. The molecule has 0 unspecified atom stereocenters. The van der Waals surface area contributed by atoms with E-state index in [4.69, 9.17) is 5.73 Å². The highest BCUT2D eigenvalue weighted by molar-refractivity contribution is 5.73. The van der Waals surface area contributed by atoms with Crippen LogP contribution < -0.4 is 10.6 Å². The lowest BCUT2D eigenvalue weighted by Gasteiger charge is -2.21. The second kappa shape index (κ2) is 4.37. The van der Waals surface area contributed by atoms with E-state index in [1.807, 2.05) is 25.7 Å². The summed E-state index contributed by atoms with van der Waals surface area (Å²) in [5.41, 5.74) is 11.3. The third kappa shape index (κ3) is 2.06. The second-order valence-electron chi connectivity index (χ2n) is 4.85. The number of benzene rings is 1. The quantitative estimate of drug-likeness (QED) is 0.883. The maximum Gasteiger partial charge on any atom is 0.154 e. The standard InChI is InChI=1S/C14H20N4/c1-9-6-10(2)8-12(7-9)17(4)14-13(15)11(3)16-18(14)5/h6-8H,15H2,1-5H3. The summed E-state index contributed by atoms with van der Waals surface area (Å²) in [4.78, 5) is 2.08. The van der Waals surface area contributed by atoms with E-state index in [1.165, 1.54) is 11.1 Å². The lowest BCUT2D eigenvalue weighted by molar-refractivity contribution is 0.750. The van der Waals surface area contributed by atoms with E-state index in [2.05, 4.69) is 42.0 Å². The van der Waals surface area contributed by atoms with Crippen LogP contribution in [0.15, 0.2) is 18.2 Å². The molecule has 0 fully saturated rings. The first-order chi connectivity index (χ1) is 8.40. The van der Waals surface area contributed by atoms with Crippen LogP contribution in [0.4, 0.5) is 17.2 Å². The Balaban J connectivity index is 2.50. The molecule has 0 radical (unpaired) electrons. The largest absolute Gasteiger partial charge is 0.394 e. The SMILES string of the molecule is Cc1cc(C)cc(N(C)c2c(N)c(C)nn2C)c1. The van der Waals surface area contributed by atoms with Crippen molar-refractivity contribution in [3.8, 4) is 0 Å². The summed E-state index contributed by atoms with van der Waals surface area (Å²) in [5, 5.41) is 4.35. The van der Waals surface area contributed by atoms with Gasteiger partial charge in [-0.2, -0.15) is 5.10 Å². The Morgan fingerprint density at radius 1 is 1.11 bits per heavy atom. The Hall–Kier alpha value is -1.97. The maximum absolute atomic E-state index is 6.09. The van der Waals surface area contributed by atoms with Crippen LogP contribution in [-0.4, -0.2) is 16.8 Å². The number of aromatic nitrogens is 2. The van der Waals surface area contributed by atoms with Gasteiger partial charge in [-0.3, -0.25) is 4.68 Å². The van der Waals surface area contributed by atoms with Gasteiger partial charge in [-0.1, -0.05) is 6.07 Å². The normalized spacial score (nSPS) is 10.7. The Labute approximate surface area is 108 Å². The second-order valence-corrected chi connectivity index (χ2v) is 4.85. The van der Waals surface area contributed by atoms with Crippen molar-refractivity contribution in [1.29, 1.82) is 0 Å². The Kier molecular flexibility index (Phi) is 3.03. The van der Waals surface area contributed by atoms with Crippen LogP contribution in [-0.2, 0) is 7.05 Å². The van der Waals surface area contributed by atoms with Crippen LogP contribution in [0.3, 0.4) is 0 Å². The molecule has 0 aliphatic rings. The monoisotopic (exact) mass is 244 g/mol. The van der Waals surface area contributed by atoms with E-state index in [9.17, 15) is 0 Å². The average Bonchev–Trinajstić information content (AvgIpc) is 2.51. The molecule has 0 aliphatic heterocycles. The highest BCUT2D eigenvalue weighted by Gasteiger charge is 2.15. The van der Waals surface area contributed by atoms with Crippen LogP contribution in [0.1, 0.15) is 16.8 Å². The van der Waals surface area contributed by atoms with Crippen molar-refractivity contribution in [2.45, 2.75) is 20.8 Å². The fourth-order valence-corrected chi connectivity index (χ4v) is 2.33. The van der Waals surface area contributed by atoms with Crippen LogP contribution >= 0.6 is 0 Å². The van der Waals surface area contributed by atoms with Crippen molar-refractivity contribution in [2.75, 3.05) is 17.7 Å². The van der Waals surface area contributed by atoms with Crippen molar-refractivity contribution >= 4 is 17.2 Å². The van der Waals surface area contributed by atoms with E-state index in [0.717, 1.165) is 22.9 Å². The summed E-state index contributed by atoms with van der Waals surface area (Å²) in [5.74, 6) is 0.928. The van der Waals surface area contributed by atoms with Gasteiger partial charge in [-0.25, -0.2) is 0 Å². The van der Waals surface area contributed by atoms with E-state index in [0.29, 0.717) is 0 Å². The molecule has 2 aromatic rings. The molecule has 1 heterocycles. The Morgan fingerprint density at radius 3 is 2.11 bits per heavy atom. The maximum atomic E-state index is 6.09. The summed E-state index contributed by atoms with van der Waals surface area (Å²) in [7, 11) is 3.93. The lowest BCUT2D eigenvalue weighted by Crippen LogP contribution is -2.15. The van der Waals surface area contributed by atoms with E-state index >= 15 is 0 Å². The Bertz CT molecular complexity index is 563. The van der Waals surface area contributed by atoms with Gasteiger partial charge in [0.05, 0.1) is 11.4 Å². The molecule has 0 aliphatic carbocycles. The molecular weight excluding hydrogens is 224 g/mol. The molecule has 0 spiro atoms. The fraction of sp³-hybridized carbons (Fsp3) is 0.357. The number of nitrogens with zero attached hydrogens (tertiary/aromatic N) is 3. The third-order valence-electron chi connectivity index (χ3n) is 3.15. The fourth-order valence-electron chi connectivity index (χ4n) is 2.33. The van der Waals surface area contributed by atoms with Gasteiger partial charge in [0, 0.05) is 19.8 Å². The molecule has 0 amide bonds. The van der Waals surface area contributed by atoms with Crippen molar-refractivity contribution in [1.82, 2.24) is 9.78 Å². The van der Waals surface area contributed by atoms with Gasteiger partial charge in [0.2, 0.25) is 0 Å². The van der Waals surface area contributed by atoms with E-state index in [1.54, 1.807) is 0 Å². The zero-order valence-corrected chi connectivity index (χ0v) is 11.7. The molecule has 2 N–H and O–H groups in total. The van der Waals surface area contributed by atoms with E-state index < -0.39 is 0 Å². The molecule has 4 heteroatoms. The minimum absolute atomic E-state index is 0.735. The molecule has 0 saturated carbocycles. The van der Waals surface area contributed by atoms with Crippen LogP contribution in [0.2, 0.25) is 0 Å². The van der Waals surface area contributed by atoms with Gasteiger partial charge in [-0.05, 0) is 44.0 Å². The number of nitrogen functional groups attached to an aromatic ring is 1. The minimum Gasteiger partial charge on any atom is -0.394 e. The van der Waals surface area contributed by atoms with E-state index in [-0.39, 0.29) is 0 Å². The number of anilines is 3. The number of rotatable bonds is 2. The van der Waals surface area contributed by atoms with Gasteiger partial charge < -0.3 is 10.6 Å². The summed E-state index contributed by atoms with van der Waals surface area (Å²) in [6, 6.07) is 6.46. The molecular formula is C14H20N4. The summed E-state index contributed by atoms with van der Waals surface area (Å²) in [6.45, 7) is 6.12. The highest BCUT2D eigenvalue weighted by Crippen LogP contribution is 2.31. The predicted octanol–water partition coefficient (Wildman–Crippen LogP) is 2.70. The topological polar surface area (TPSA) is 47.1 Å². The lowest BCUT2D eigenvalue weighted by atomic mass is 10.1. The average molecular weight is 244 g/mol. The van der Waals surface area contributed by atoms with Crippen molar-refractivity contribution in [2.24, 2.45) is 7.05 Å². The Morgan fingerprint density at radius 2 is 1.67 bits per heavy atom. The predicted molar refractivity (Wildman–Crippen MR) is 76.3 cm³/mol. The van der Waals surface area contributed by atoms with Crippen molar-refractivity contribution in [3.05, 3.63) is 35.0 Å².